The van der Waals surface area contributed by atoms with Crippen LogP contribution in [0.5, 0.6) is 0 Å². The first-order chi connectivity index (χ1) is 25.3. The van der Waals surface area contributed by atoms with Crippen LogP contribution in [0.15, 0.2) is 176 Å². The Morgan fingerprint density at radius 1 is 0.314 bits per heavy atom. The molecule has 0 aliphatic carbocycles. The number of hydrogen-bond donors (Lipinski definition) is 0. The average Bonchev–Trinajstić information content (AvgIpc) is 3.87. The van der Waals surface area contributed by atoms with E-state index in [1.54, 1.807) is 0 Å². The van der Waals surface area contributed by atoms with Gasteiger partial charge in [0.25, 0.3) is 0 Å². The van der Waals surface area contributed by atoms with Crippen molar-refractivity contribution in [3.05, 3.63) is 176 Å². The Morgan fingerprint density at radius 3 is 1.82 bits per heavy atom. The molecular formula is C48H29NS2. The summed E-state index contributed by atoms with van der Waals surface area (Å²) >= 11 is 3.80. The van der Waals surface area contributed by atoms with Gasteiger partial charge in [-0.3, -0.25) is 0 Å². The van der Waals surface area contributed by atoms with Gasteiger partial charge >= 0.3 is 0 Å². The molecule has 0 spiro atoms. The molecule has 1 nitrogen and oxygen atoms in total. The van der Waals surface area contributed by atoms with Gasteiger partial charge in [0, 0.05) is 52.0 Å². The SMILES string of the molecule is c1ccc(-c2ccc3c(c2)c2ccccc2n3-c2cccc3c2sc2c(-c4ccccc4)cc(-c4ccc5c(c4)sc4ccccc45)cc23)cc1. The Bertz CT molecular complexity index is 3130. The Morgan fingerprint density at radius 2 is 0.961 bits per heavy atom. The van der Waals surface area contributed by atoms with Crippen molar-refractivity contribution in [1.82, 2.24) is 4.57 Å². The van der Waals surface area contributed by atoms with Gasteiger partial charge in [0.05, 0.1) is 21.4 Å². The molecule has 11 rings (SSSR count). The molecule has 0 fully saturated rings. The maximum absolute atomic E-state index is 2.48. The normalized spacial score (nSPS) is 11.9. The number of nitrogens with zero attached hydrogens (tertiary/aromatic N) is 1. The topological polar surface area (TPSA) is 4.93 Å². The van der Waals surface area contributed by atoms with Crippen molar-refractivity contribution in [3.63, 3.8) is 0 Å². The summed E-state index contributed by atoms with van der Waals surface area (Å²) in [7, 11) is 0. The zero-order chi connectivity index (χ0) is 33.5. The number of fused-ring (bicyclic) bond motifs is 9. The molecule has 0 aliphatic heterocycles. The second-order valence-electron chi connectivity index (χ2n) is 13.3. The highest BCUT2D eigenvalue weighted by molar-refractivity contribution is 7.27. The molecule has 0 atom stereocenters. The minimum Gasteiger partial charge on any atom is -0.308 e. The van der Waals surface area contributed by atoms with Crippen molar-refractivity contribution in [2.75, 3.05) is 0 Å². The summed E-state index contributed by atoms with van der Waals surface area (Å²) in [5.41, 5.74) is 11.2. The summed E-state index contributed by atoms with van der Waals surface area (Å²) in [6, 6.07) is 64.8. The minimum atomic E-state index is 1.22. The number of hydrogen-bond acceptors (Lipinski definition) is 2. The van der Waals surface area contributed by atoms with Crippen LogP contribution in [0.2, 0.25) is 0 Å². The monoisotopic (exact) mass is 683 g/mol. The highest BCUT2D eigenvalue weighted by Gasteiger charge is 2.20. The van der Waals surface area contributed by atoms with Crippen molar-refractivity contribution in [2.45, 2.75) is 0 Å². The molecule has 238 valence electrons. The molecule has 0 saturated heterocycles. The predicted octanol–water partition coefficient (Wildman–Crippen LogP) is 14.5. The Kier molecular flexibility index (Phi) is 6.36. The third kappa shape index (κ3) is 4.45. The Labute approximate surface area is 302 Å². The van der Waals surface area contributed by atoms with Gasteiger partial charge in [0.1, 0.15) is 0 Å². The minimum absolute atomic E-state index is 1.22. The van der Waals surface area contributed by atoms with E-state index in [1.165, 1.54) is 101 Å². The molecule has 0 saturated carbocycles. The average molecular weight is 684 g/mol. The Balaban J connectivity index is 1.17. The number of thiophene rings is 2. The fourth-order valence-corrected chi connectivity index (χ4v) is 10.5. The molecule has 3 heteroatoms. The predicted molar refractivity (Wildman–Crippen MR) is 223 cm³/mol. The van der Waals surface area contributed by atoms with Crippen molar-refractivity contribution in [2.24, 2.45) is 0 Å². The van der Waals surface area contributed by atoms with Gasteiger partial charge in [-0.25, -0.2) is 0 Å². The first-order valence-corrected chi connectivity index (χ1v) is 19.0. The fourth-order valence-electron chi connectivity index (χ4n) is 8.01. The largest absolute Gasteiger partial charge is 0.308 e. The second kappa shape index (κ2) is 11.3. The van der Waals surface area contributed by atoms with Gasteiger partial charge in [-0.2, -0.15) is 0 Å². The lowest BCUT2D eigenvalue weighted by atomic mass is 9.95. The molecule has 0 aliphatic rings. The summed E-state index contributed by atoms with van der Waals surface area (Å²) in [6.07, 6.45) is 0. The lowest BCUT2D eigenvalue weighted by molar-refractivity contribution is 1.20. The first kappa shape index (κ1) is 28.8. The summed E-state index contributed by atoms with van der Waals surface area (Å²) in [5.74, 6) is 0. The maximum atomic E-state index is 2.48. The number of para-hydroxylation sites is 1. The molecular weight excluding hydrogens is 655 g/mol. The van der Waals surface area contributed by atoms with Gasteiger partial charge in [-0.15, -0.1) is 22.7 Å². The second-order valence-corrected chi connectivity index (χ2v) is 15.4. The fraction of sp³-hybridized carbons (Fsp3) is 0. The standard InChI is InChI=1S/C48H29NS2/c1-3-12-30(13-4-1)32-23-25-43-40(26-32)35-16-7-9-19-42(35)49(43)44-20-11-18-38-41-28-34(27-39(47(41)51-48(38)44)31-14-5-2-6-15-31)33-22-24-37-36-17-8-10-21-45(36)50-46(37)29-33/h1-29H. The van der Waals surface area contributed by atoms with Gasteiger partial charge in [-0.1, -0.05) is 127 Å². The van der Waals surface area contributed by atoms with Crippen LogP contribution >= 0.6 is 22.7 Å². The molecule has 0 N–H and O–H groups in total. The van der Waals surface area contributed by atoms with Crippen molar-refractivity contribution < 1.29 is 0 Å². The maximum Gasteiger partial charge on any atom is 0.0640 e. The molecule has 0 amide bonds. The van der Waals surface area contributed by atoms with Crippen LogP contribution in [-0.4, -0.2) is 4.57 Å². The van der Waals surface area contributed by atoms with E-state index >= 15 is 0 Å². The molecule has 0 unspecified atom stereocenters. The zero-order valence-electron chi connectivity index (χ0n) is 27.5. The van der Waals surface area contributed by atoms with Crippen molar-refractivity contribution in [3.8, 4) is 39.1 Å². The lowest BCUT2D eigenvalue weighted by Crippen LogP contribution is -1.93. The molecule has 3 heterocycles. The number of aromatic nitrogens is 1. The van der Waals surface area contributed by atoms with Crippen LogP contribution in [0.1, 0.15) is 0 Å². The van der Waals surface area contributed by atoms with Crippen LogP contribution in [0, 0.1) is 0 Å². The number of rotatable bonds is 4. The smallest absolute Gasteiger partial charge is 0.0640 e. The first-order valence-electron chi connectivity index (χ1n) is 17.3. The van der Waals surface area contributed by atoms with E-state index in [2.05, 4.69) is 180 Å². The van der Waals surface area contributed by atoms with Crippen molar-refractivity contribution in [1.29, 1.82) is 0 Å². The third-order valence-corrected chi connectivity index (χ3v) is 12.8. The molecule has 0 radical (unpaired) electrons. The van der Waals surface area contributed by atoms with Gasteiger partial charge in [-0.05, 0) is 76.3 Å². The number of benzene rings is 8. The molecule has 8 aromatic carbocycles. The van der Waals surface area contributed by atoms with Crippen LogP contribution in [-0.2, 0) is 0 Å². The van der Waals surface area contributed by atoms with E-state index in [0.29, 0.717) is 0 Å². The van der Waals surface area contributed by atoms with Gasteiger partial charge in [0.15, 0.2) is 0 Å². The summed E-state index contributed by atoms with van der Waals surface area (Å²) < 4.78 is 7.77. The van der Waals surface area contributed by atoms with Crippen LogP contribution in [0.4, 0.5) is 0 Å². The lowest BCUT2D eigenvalue weighted by Gasteiger charge is -2.10. The van der Waals surface area contributed by atoms with E-state index in [4.69, 9.17) is 0 Å². The highest BCUT2D eigenvalue weighted by Crippen LogP contribution is 2.47. The Hall–Kier alpha value is -6.00. The van der Waals surface area contributed by atoms with Crippen molar-refractivity contribution >= 4 is 84.8 Å². The van der Waals surface area contributed by atoms with Gasteiger partial charge in [0.2, 0.25) is 0 Å². The van der Waals surface area contributed by atoms with E-state index in [9.17, 15) is 0 Å². The highest BCUT2D eigenvalue weighted by atomic mass is 32.1. The molecule has 3 aromatic heterocycles. The van der Waals surface area contributed by atoms with Crippen LogP contribution in [0.3, 0.4) is 0 Å². The van der Waals surface area contributed by atoms with E-state index < -0.39 is 0 Å². The zero-order valence-corrected chi connectivity index (χ0v) is 29.1. The van der Waals surface area contributed by atoms with Crippen LogP contribution < -0.4 is 0 Å². The quantitative estimate of drug-likeness (QED) is 0.174. The molecule has 0 bridgehead atoms. The summed E-state index contributed by atoms with van der Waals surface area (Å²) in [6.45, 7) is 0. The van der Waals surface area contributed by atoms with Crippen LogP contribution in [0.25, 0.3) is 101 Å². The molecule has 51 heavy (non-hydrogen) atoms. The summed E-state index contributed by atoms with van der Waals surface area (Å²) in [4.78, 5) is 0. The van der Waals surface area contributed by atoms with Gasteiger partial charge < -0.3 is 4.57 Å². The van der Waals surface area contributed by atoms with E-state index in [1.807, 2.05) is 22.7 Å². The van der Waals surface area contributed by atoms with E-state index in [0.717, 1.165) is 0 Å². The summed E-state index contributed by atoms with van der Waals surface area (Å²) in [5, 5.41) is 7.80. The third-order valence-electron chi connectivity index (χ3n) is 10.4. The molecule has 11 aromatic rings. The van der Waals surface area contributed by atoms with E-state index in [-0.39, 0.29) is 0 Å².